The lowest BCUT2D eigenvalue weighted by Gasteiger charge is -2.29. The van der Waals surface area contributed by atoms with Gasteiger partial charge in [0, 0.05) is 5.69 Å². The minimum absolute atomic E-state index is 0.751. The van der Waals surface area contributed by atoms with E-state index in [1.807, 2.05) is 18.2 Å². The molecule has 0 unspecified atom stereocenters. The van der Waals surface area contributed by atoms with Crippen LogP contribution in [0.5, 0.6) is 0 Å². The van der Waals surface area contributed by atoms with E-state index in [2.05, 4.69) is 43.0 Å². The molecule has 0 saturated heterocycles. The third-order valence-corrected chi connectivity index (χ3v) is 5.49. The number of benzene rings is 2. The molecule has 0 aliphatic heterocycles. The number of nitrogens with two attached hydrogens (primary N) is 1. The summed E-state index contributed by atoms with van der Waals surface area (Å²) in [5, 5.41) is 0. The smallest absolute Gasteiger partial charge is 0.0314 e. The predicted molar refractivity (Wildman–Crippen MR) is 105 cm³/mol. The molecule has 0 aromatic heterocycles. The van der Waals surface area contributed by atoms with Gasteiger partial charge >= 0.3 is 0 Å². The number of rotatable bonds is 6. The number of anilines is 1. The molecule has 0 radical (unpaired) electrons. The van der Waals surface area contributed by atoms with Crippen LogP contribution in [-0.4, -0.2) is 0 Å². The highest BCUT2D eigenvalue weighted by Gasteiger charge is 2.21. The van der Waals surface area contributed by atoms with Crippen molar-refractivity contribution in [2.75, 3.05) is 5.73 Å². The summed E-state index contributed by atoms with van der Waals surface area (Å²) in [6.45, 7) is 3.82. The van der Waals surface area contributed by atoms with Crippen molar-refractivity contribution in [1.82, 2.24) is 0 Å². The van der Waals surface area contributed by atoms with Crippen LogP contribution < -0.4 is 5.73 Å². The Kier molecular flexibility index (Phi) is 5.74. The number of hydrogen-bond acceptors (Lipinski definition) is 1. The van der Waals surface area contributed by atoms with Crippen LogP contribution in [0.4, 0.5) is 5.69 Å². The van der Waals surface area contributed by atoms with Gasteiger partial charge in [0.25, 0.3) is 0 Å². The Balaban J connectivity index is 1.56. The lowest BCUT2D eigenvalue weighted by atomic mass is 9.77. The van der Waals surface area contributed by atoms with Crippen molar-refractivity contribution in [3.05, 3.63) is 66.7 Å². The average Bonchev–Trinajstić information content (AvgIpc) is 2.63. The van der Waals surface area contributed by atoms with Crippen LogP contribution in [0.1, 0.15) is 56.4 Å². The zero-order valence-corrected chi connectivity index (χ0v) is 14.6. The van der Waals surface area contributed by atoms with Crippen molar-refractivity contribution in [3.63, 3.8) is 0 Å². The van der Waals surface area contributed by atoms with Crippen LogP contribution in [0, 0.1) is 5.92 Å². The van der Waals surface area contributed by atoms with Crippen molar-refractivity contribution in [2.45, 2.75) is 50.9 Å². The second kappa shape index (κ2) is 8.19. The maximum Gasteiger partial charge on any atom is 0.0314 e. The van der Waals surface area contributed by atoms with Gasteiger partial charge in [-0.15, -0.1) is 6.58 Å². The van der Waals surface area contributed by atoms with Crippen LogP contribution in [-0.2, 0) is 0 Å². The highest BCUT2D eigenvalue weighted by atomic mass is 14.5. The Bertz CT molecular complexity index is 631. The molecule has 1 aliphatic rings. The Morgan fingerprint density at radius 1 is 0.875 bits per heavy atom. The fourth-order valence-electron chi connectivity index (χ4n) is 3.96. The molecule has 126 valence electrons. The van der Waals surface area contributed by atoms with Crippen LogP contribution in [0.15, 0.2) is 61.2 Å². The second-order valence-electron chi connectivity index (χ2n) is 7.18. The Labute approximate surface area is 146 Å². The number of allylic oxidation sites excluding steroid dienone is 1. The second-order valence-corrected chi connectivity index (χ2v) is 7.18. The molecule has 1 saturated carbocycles. The van der Waals surface area contributed by atoms with Crippen molar-refractivity contribution in [1.29, 1.82) is 0 Å². The fraction of sp³-hybridized carbons (Fsp3) is 0.391. The van der Waals surface area contributed by atoms with Crippen molar-refractivity contribution in [2.24, 2.45) is 5.92 Å². The first kappa shape index (κ1) is 16.8. The molecule has 2 aromatic rings. The zero-order valence-electron chi connectivity index (χ0n) is 14.6. The van der Waals surface area contributed by atoms with Crippen LogP contribution in [0.3, 0.4) is 0 Å². The number of hydrogen-bond donors (Lipinski definition) is 1. The molecule has 1 heteroatoms. The summed E-state index contributed by atoms with van der Waals surface area (Å²) in [5.41, 5.74) is 10.6. The van der Waals surface area contributed by atoms with E-state index in [-0.39, 0.29) is 0 Å². The molecule has 0 amide bonds. The molecule has 1 aliphatic carbocycles. The van der Waals surface area contributed by atoms with Crippen LogP contribution in [0.2, 0.25) is 0 Å². The summed E-state index contributed by atoms with van der Waals surface area (Å²) in [7, 11) is 0. The SMILES string of the molecule is C=CCCCC1CCC(c2ccc(-c3ccc(N)cc3)cc2)CC1. The first-order chi connectivity index (χ1) is 11.8. The molecular formula is C23H29N. The topological polar surface area (TPSA) is 26.0 Å². The van der Waals surface area contributed by atoms with E-state index in [4.69, 9.17) is 5.73 Å². The maximum atomic E-state index is 5.77. The van der Waals surface area contributed by atoms with E-state index in [9.17, 15) is 0 Å². The van der Waals surface area contributed by atoms with Gasteiger partial charge in [-0.1, -0.05) is 48.9 Å². The molecule has 2 aromatic carbocycles. The molecule has 3 rings (SSSR count). The normalized spacial score (nSPS) is 20.7. The third-order valence-electron chi connectivity index (χ3n) is 5.49. The van der Waals surface area contributed by atoms with Crippen LogP contribution in [0.25, 0.3) is 11.1 Å². The highest BCUT2D eigenvalue weighted by molar-refractivity contribution is 5.65. The summed E-state index contributed by atoms with van der Waals surface area (Å²) in [4.78, 5) is 0. The van der Waals surface area contributed by atoms with Gasteiger partial charge in [0.2, 0.25) is 0 Å². The van der Waals surface area contributed by atoms with Gasteiger partial charge in [0.15, 0.2) is 0 Å². The summed E-state index contributed by atoms with van der Waals surface area (Å²) in [6.07, 6.45) is 11.4. The first-order valence-corrected chi connectivity index (χ1v) is 9.33. The van der Waals surface area contributed by atoms with Gasteiger partial charge in [-0.25, -0.2) is 0 Å². The fourth-order valence-corrected chi connectivity index (χ4v) is 3.96. The van der Waals surface area contributed by atoms with E-state index >= 15 is 0 Å². The third kappa shape index (κ3) is 4.29. The van der Waals surface area contributed by atoms with Crippen molar-refractivity contribution in [3.8, 4) is 11.1 Å². The quantitative estimate of drug-likeness (QED) is 0.364. The Morgan fingerprint density at radius 3 is 2.04 bits per heavy atom. The number of unbranched alkanes of at least 4 members (excludes halogenated alkanes) is 1. The van der Waals surface area contributed by atoms with E-state index in [1.165, 1.54) is 61.6 Å². The molecule has 0 spiro atoms. The molecule has 0 atom stereocenters. The minimum atomic E-state index is 0.751. The average molecular weight is 319 g/mol. The lowest BCUT2D eigenvalue weighted by molar-refractivity contribution is 0.306. The Hall–Kier alpha value is -2.02. The van der Waals surface area contributed by atoms with E-state index in [0.717, 1.165) is 17.5 Å². The highest BCUT2D eigenvalue weighted by Crippen LogP contribution is 2.38. The molecule has 24 heavy (non-hydrogen) atoms. The van der Waals surface area contributed by atoms with Gasteiger partial charge < -0.3 is 5.73 Å². The van der Waals surface area contributed by atoms with E-state index in [0.29, 0.717) is 0 Å². The largest absolute Gasteiger partial charge is 0.399 e. The van der Waals surface area contributed by atoms with E-state index in [1.54, 1.807) is 0 Å². The Morgan fingerprint density at radius 2 is 1.46 bits per heavy atom. The lowest BCUT2D eigenvalue weighted by Crippen LogP contribution is -2.13. The molecule has 1 fully saturated rings. The van der Waals surface area contributed by atoms with Gasteiger partial charge in [0.1, 0.15) is 0 Å². The first-order valence-electron chi connectivity index (χ1n) is 9.33. The predicted octanol–water partition coefficient (Wildman–Crippen LogP) is 6.57. The summed E-state index contributed by atoms with van der Waals surface area (Å²) >= 11 is 0. The van der Waals surface area contributed by atoms with Gasteiger partial charge in [-0.2, -0.15) is 0 Å². The van der Waals surface area contributed by atoms with Crippen molar-refractivity contribution >= 4 is 5.69 Å². The number of nitrogen functional groups attached to an aromatic ring is 1. The zero-order chi connectivity index (χ0) is 16.8. The van der Waals surface area contributed by atoms with Gasteiger partial charge in [0.05, 0.1) is 0 Å². The molecule has 2 N–H and O–H groups in total. The molecule has 1 nitrogen and oxygen atoms in total. The van der Waals surface area contributed by atoms with Crippen molar-refractivity contribution < 1.29 is 0 Å². The van der Waals surface area contributed by atoms with E-state index < -0.39 is 0 Å². The maximum absolute atomic E-state index is 5.77. The van der Waals surface area contributed by atoms with Crippen LogP contribution >= 0.6 is 0 Å². The van der Waals surface area contributed by atoms with Gasteiger partial charge in [-0.3, -0.25) is 0 Å². The monoisotopic (exact) mass is 319 g/mol. The summed E-state index contributed by atoms with van der Waals surface area (Å²) in [5.74, 6) is 1.69. The molecule has 0 heterocycles. The van der Waals surface area contributed by atoms with Gasteiger partial charge in [-0.05, 0) is 79.2 Å². The molecular weight excluding hydrogens is 290 g/mol. The summed E-state index contributed by atoms with van der Waals surface area (Å²) in [6, 6.07) is 17.3. The summed E-state index contributed by atoms with van der Waals surface area (Å²) < 4.78 is 0. The minimum Gasteiger partial charge on any atom is -0.399 e. The molecule has 0 bridgehead atoms. The standard InChI is InChI=1S/C23H29N/c1-2-3-4-5-18-6-8-19(9-7-18)20-10-12-21(13-11-20)22-14-16-23(24)17-15-22/h2,10-19H,1,3-9,24H2.